The minimum Gasteiger partial charge on any atom is -0.378 e. The van der Waals surface area contributed by atoms with E-state index in [0.717, 1.165) is 19.4 Å². The highest BCUT2D eigenvalue weighted by Gasteiger charge is 2.35. The number of urea groups is 1. The van der Waals surface area contributed by atoms with Crippen LogP contribution < -0.4 is 5.32 Å². The van der Waals surface area contributed by atoms with Crippen molar-refractivity contribution >= 4 is 36.8 Å². The van der Waals surface area contributed by atoms with Crippen LogP contribution in [-0.2, 0) is 4.74 Å². The lowest BCUT2D eigenvalue weighted by atomic mass is 10.1. The molecule has 0 aliphatic carbocycles. The summed E-state index contributed by atoms with van der Waals surface area (Å²) in [5.41, 5.74) is 0.340. The van der Waals surface area contributed by atoms with Gasteiger partial charge in [0.15, 0.2) is 0 Å². The van der Waals surface area contributed by atoms with Gasteiger partial charge >= 0.3 is 6.03 Å². The monoisotopic (exact) mass is 379 g/mol. The normalized spacial score (nSPS) is 20.5. The summed E-state index contributed by atoms with van der Waals surface area (Å²) in [5, 5.41) is 3.26. The van der Waals surface area contributed by atoms with Crippen molar-refractivity contribution in [2.24, 2.45) is 0 Å². The molecule has 10 heteroatoms. The van der Waals surface area contributed by atoms with Gasteiger partial charge in [0.2, 0.25) is 0 Å². The molecule has 1 aromatic rings. The number of rotatable bonds is 2. The molecule has 1 unspecified atom stereocenters. The van der Waals surface area contributed by atoms with E-state index < -0.39 is 0 Å². The van der Waals surface area contributed by atoms with Gasteiger partial charge in [-0.05, 0) is 19.4 Å². The van der Waals surface area contributed by atoms with Crippen molar-refractivity contribution in [2.75, 3.05) is 39.4 Å². The number of ether oxygens (including phenoxy) is 1. The van der Waals surface area contributed by atoms with Gasteiger partial charge in [-0.3, -0.25) is 9.69 Å². The summed E-state index contributed by atoms with van der Waals surface area (Å²) in [6.45, 7) is 3.63. The van der Waals surface area contributed by atoms with Crippen LogP contribution >= 0.6 is 24.8 Å². The number of aromatic nitrogens is 2. The third-order valence-corrected chi connectivity index (χ3v) is 4.07. The van der Waals surface area contributed by atoms with Crippen LogP contribution in [0.2, 0.25) is 0 Å². The van der Waals surface area contributed by atoms with Crippen LogP contribution in [0.3, 0.4) is 0 Å². The third-order valence-electron chi connectivity index (χ3n) is 4.07. The van der Waals surface area contributed by atoms with Crippen LogP contribution in [0.4, 0.5) is 4.79 Å². The van der Waals surface area contributed by atoms with E-state index in [2.05, 4.69) is 15.3 Å². The molecule has 2 N–H and O–H groups in total. The molecule has 0 saturated carbocycles. The Morgan fingerprint density at radius 1 is 1.29 bits per heavy atom. The second-order valence-electron chi connectivity index (χ2n) is 5.52. The fourth-order valence-corrected chi connectivity index (χ4v) is 2.87. The van der Waals surface area contributed by atoms with Gasteiger partial charge in [0, 0.05) is 19.6 Å². The number of imidazole rings is 1. The highest BCUT2D eigenvalue weighted by molar-refractivity contribution is 6.03. The molecule has 1 atom stereocenters. The zero-order chi connectivity index (χ0) is 15.4. The zero-order valence-corrected chi connectivity index (χ0v) is 14.9. The first-order chi connectivity index (χ1) is 10.8. The molecule has 3 amide bonds. The molecular formula is C14H23Cl2N5O3. The Hall–Kier alpha value is -1.35. The predicted molar refractivity (Wildman–Crippen MR) is 92.9 cm³/mol. The smallest absolute Gasteiger partial charge is 0.327 e. The Balaban J connectivity index is 0.00000144. The fraction of sp³-hybridized carbons (Fsp3) is 0.643. The number of morpholine rings is 1. The van der Waals surface area contributed by atoms with E-state index in [-0.39, 0.29) is 42.8 Å². The van der Waals surface area contributed by atoms with Crippen LogP contribution in [0.25, 0.3) is 0 Å². The fourth-order valence-electron chi connectivity index (χ4n) is 2.87. The van der Waals surface area contributed by atoms with Crippen molar-refractivity contribution in [3.05, 3.63) is 18.2 Å². The number of hydrogen-bond donors (Lipinski definition) is 2. The van der Waals surface area contributed by atoms with Crippen molar-refractivity contribution in [1.29, 1.82) is 0 Å². The number of hydrogen-bond acceptors (Lipinski definition) is 5. The van der Waals surface area contributed by atoms with Gasteiger partial charge in [0.25, 0.3) is 5.91 Å². The third kappa shape index (κ3) is 4.60. The molecule has 0 bridgehead atoms. The van der Waals surface area contributed by atoms with Gasteiger partial charge in [0.05, 0.1) is 31.8 Å². The molecule has 24 heavy (non-hydrogen) atoms. The molecule has 136 valence electrons. The molecule has 2 aliphatic heterocycles. The number of amides is 3. The molecule has 0 spiro atoms. The lowest BCUT2D eigenvalue weighted by Gasteiger charge is -2.37. The number of imide groups is 1. The molecule has 8 nitrogen and oxygen atoms in total. The Morgan fingerprint density at radius 2 is 2.04 bits per heavy atom. The summed E-state index contributed by atoms with van der Waals surface area (Å²) in [4.78, 5) is 35.3. The lowest BCUT2D eigenvalue weighted by molar-refractivity contribution is 0.0346. The van der Waals surface area contributed by atoms with Gasteiger partial charge in [-0.25, -0.2) is 9.78 Å². The minimum atomic E-state index is -0.317. The topological polar surface area (TPSA) is 90.6 Å². The molecule has 3 rings (SSSR count). The number of piperidine rings is 1. The summed E-state index contributed by atoms with van der Waals surface area (Å²) in [7, 11) is 0. The van der Waals surface area contributed by atoms with Gasteiger partial charge in [-0.15, -0.1) is 24.8 Å². The summed E-state index contributed by atoms with van der Waals surface area (Å²) in [6.07, 6.45) is 4.68. The molecule has 0 aromatic carbocycles. The van der Waals surface area contributed by atoms with Gasteiger partial charge < -0.3 is 19.9 Å². The predicted octanol–water partition coefficient (Wildman–Crippen LogP) is 0.900. The zero-order valence-electron chi connectivity index (χ0n) is 13.3. The number of nitrogens with zero attached hydrogens (tertiary/aromatic N) is 3. The molecule has 2 aliphatic rings. The molecule has 1 aromatic heterocycles. The molecule has 2 fully saturated rings. The van der Waals surface area contributed by atoms with E-state index in [9.17, 15) is 9.59 Å². The molecule has 3 heterocycles. The minimum absolute atomic E-state index is 0. The van der Waals surface area contributed by atoms with Crippen LogP contribution in [0.1, 0.15) is 23.3 Å². The Labute approximate surface area is 153 Å². The highest BCUT2D eigenvalue weighted by atomic mass is 35.5. The van der Waals surface area contributed by atoms with Gasteiger partial charge in [-0.2, -0.15) is 0 Å². The first-order valence-electron chi connectivity index (χ1n) is 7.66. The summed E-state index contributed by atoms with van der Waals surface area (Å²) in [5.74, 6) is -0.317. The van der Waals surface area contributed by atoms with Crippen LogP contribution in [-0.4, -0.2) is 77.1 Å². The first kappa shape index (κ1) is 20.7. The van der Waals surface area contributed by atoms with Crippen LogP contribution in [0.5, 0.6) is 0 Å². The number of halogens is 2. The Bertz CT molecular complexity index is 516. The molecular weight excluding hydrogens is 357 g/mol. The van der Waals surface area contributed by atoms with E-state index in [0.29, 0.717) is 38.5 Å². The van der Waals surface area contributed by atoms with Crippen LogP contribution in [0, 0.1) is 0 Å². The summed E-state index contributed by atoms with van der Waals surface area (Å²) in [6, 6.07) is -0.364. The van der Waals surface area contributed by atoms with Gasteiger partial charge in [-0.1, -0.05) is 0 Å². The number of H-pyrrole nitrogens is 1. The molecule has 2 saturated heterocycles. The largest absolute Gasteiger partial charge is 0.378 e. The second kappa shape index (κ2) is 9.83. The van der Waals surface area contributed by atoms with E-state index >= 15 is 0 Å². The maximum absolute atomic E-state index is 12.8. The SMILES string of the molecule is Cl.Cl.O=C(c1cnc[nH]1)N(C(=O)N1CCOCC1)C1CCCNC1. The van der Waals surface area contributed by atoms with Crippen molar-refractivity contribution in [1.82, 2.24) is 25.1 Å². The number of aromatic amines is 1. The van der Waals surface area contributed by atoms with Gasteiger partial charge in [0.1, 0.15) is 5.69 Å². The lowest BCUT2D eigenvalue weighted by Crippen LogP contribution is -2.57. The maximum Gasteiger partial charge on any atom is 0.327 e. The van der Waals surface area contributed by atoms with Crippen molar-refractivity contribution in [3.63, 3.8) is 0 Å². The molecule has 0 radical (unpaired) electrons. The van der Waals surface area contributed by atoms with Crippen molar-refractivity contribution < 1.29 is 14.3 Å². The van der Waals surface area contributed by atoms with Crippen molar-refractivity contribution in [3.8, 4) is 0 Å². The number of carbonyl (C=O) groups excluding carboxylic acids is 2. The van der Waals surface area contributed by atoms with E-state index in [4.69, 9.17) is 4.74 Å². The maximum atomic E-state index is 12.8. The van der Waals surface area contributed by atoms with E-state index in [1.807, 2.05) is 0 Å². The average Bonchev–Trinajstić information content (AvgIpc) is 3.11. The first-order valence-corrected chi connectivity index (χ1v) is 7.66. The van der Waals surface area contributed by atoms with Crippen molar-refractivity contribution in [2.45, 2.75) is 18.9 Å². The van der Waals surface area contributed by atoms with E-state index in [1.165, 1.54) is 17.4 Å². The standard InChI is InChI=1S/C14H21N5O3.2ClH/c20-13(12-9-16-10-17-12)19(11-2-1-3-15-8-11)14(21)18-4-6-22-7-5-18;;/h9-11,15H,1-8H2,(H,16,17);2*1H. The highest BCUT2D eigenvalue weighted by Crippen LogP contribution is 2.17. The summed E-state index contributed by atoms with van der Waals surface area (Å²) >= 11 is 0. The Morgan fingerprint density at radius 3 is 2.62 bits per heavy atom. The Kier molecular flexibility index (Phi) is 8.47. The quantitative estimate of drug-likeness (QED) is 0.796. The average molecular weight is 380 g/mol. The number of carbonyl (C=O) groups is 2. The summed E-state index contributed by atoms with van der Waals surface area (Å²) < 4.78 is 5.28. The van der Waals surface area contributed by atoms with Crippen LogP contribution in [0.15, 0.2) is 12.5 Å². The van der Waals surface area contributed by atoms with E-state index in [1.54, 1.807) is 4.90 Å². The number of nitrogens with one attached hydrogen (secondary N) is 2. The second-order valence-corrected chi connectivity index (χ2v) is 5.52.